The lowest BCUT2D eigenvalue weighted by atomic mass is 10.1. The van der Waals surface area contributed by atoms with Crippen LogP contribution in [0.3, 0.4) is 0 Å². The first-order valence-electron chi connectivity index (χ1n) is 7.20. The van der Waals surface area contributed by atoms with Crippen LogP contribution in [-0.2, 0) is 10.0 Å². The van der Waals surface area contributed by atoms with Crippen molar-refractivity contribution in [1.82, 2.24) is 9.78 Å². The van der Waals surface area contributed by atoms with Gasteiger partial charge in [-0.1, -0.05) is 0 Å². The van der Waals surface area contributed by atoms with E-state index in [0.717, 1.165) is 5.56 Å². The Morgan fingerprint density at radius 3 is 2.28 bits per heavy atom. The number of ether oxygens (including phenoxy) is 1. The van der Waals surface area contributed by atoms with Gasteiger partial charge in [-0.25, -0.2) is 18.2 Å². The summed E-state index contributed by atoms with van der Waals surface area (Å²) < 4.78 is 29.5. The smallest absolute Gasteiger partial charge is 0.238 e. The first kappa shape index (κ1) is 16.7. The van der Waals surface area contributed by atoms with Crippen molar-refractivity contribution in [3.8, 4) is 28.8 Å². The Balaban J connectivity index is 2.10. The van der Waals surface area contributed by atoms with Crippen LogP contribution >= 0.6 is 0 Å². The molecule has 1 heterocycles. The molecule has 0 aliphatic carbocycles. The maximum Gasteiger partial charge on any atom is 0.238 e. The lowest BCUT2D eigenvalue weighted by Gasteiger charge is -2.09. The van der Waals surface area contributed by atoms with E-state index >= 15 is 0 Å². The van der Waals surface area contributed by atoms with E-state index in [1.807, 2.05) is 30.3 Å². The Morgan fingerprint density at radius 2 is 1.76 bits per heavy atom. The summed E-state index contributed by atoms with van der Waals surface area (Å²) in [5.74, 6) is 0.716. The normalized spacial score (nSPS) is 11.1. The first-order chi connectivity index (χ1) is 11.9. The summed E-state index contributed by atoms with van der Waals surface area (Å²) in [7, 11) is -2.18. The van der Waals surface area contributed by atoms with Crippen molar-refractivity contribution in [3.63, 3.8) is 0 Å². The van der Waals surface area contributed by atoms with Gasteiger partial charge in [0.1, 0.15) is 11.8 Å². The number of sulfonamides is 1. The quantitative estimate of drug-likeness (QED) is 0.771. The van der Waals surface area contributed by atoms with Gasteiger partial charge in [0.2, 0.25) is 10.0 Å². The number of aromatic nitrogens is 2. The van der Waals surface area contributed by atoms with Crippen LogP contribution in [0.25, 0.3) is 16.9 Å². The molecule has 0 spiro atoms. The van der Waals surface area contributed by atoms with E-state index in [9.17, 15) is 8.42 Å². The molecule has 7 nitrogen and oxygen atoms in total. The van der Waals surface area contributed by atoms with Crippen LogP contribution < -0.4 is 9.88 Å². The fraction of sp³-hybridized carbons (Fsp3) is 0.0588. The molecule has 1 aromatic heterocycles. The molecular formula is C17H14N4O3S. The minimum absolute atomic E-state index is 0.00918. The number of rotatable bonds is 4. The third-order valence-corrected chi connectivity index (χ3v) is 4.55. The Labute approximate surface area is 144 Å². The van der Waals surface area contributed by atoms with E-state index in [4.69, 9.17) is 15.1 Å². The molecule has 0 aliphatic heterocycles. The van der Waals surface area contributed by atoms with E-state index in [1.54, 1.807) is 30.0 Å². The average Bonchev–Trinajstić information content (AvgIpc) is 3.05. The second-order valence-corrected chi connectivity index (χ2v) is 6.77. The highest BCUT2D eigenvalue weighted by Gasteiger charge is 2.13. The summed E-state index contributed by atoms with van der Waals surface area (Å²) in [5, 5.41) is 18.5. The van der Waals surface area contributed by atoms with Gasteiger partial charge in [-0.15, -0.1) is 0 Å². The number of nitrogens with zero attached hydrogens (tertiary/aromatic N) is 3. The van der Waals surface area contributed by atoms with Crippen molar-refractivity contribution < 1.29 is 13.2 Å². The molecule has 0 bridgehead atoms. The van der Waals surface area contributed by atoms with Gasteiger partial charge in [-0.3, -0.25) is 0 Å². The molecule has 0 amide bonds. The molecule has 0 unspecified atom stereocenters. The predicted molar refractivity (Wildman–Crippen MR) is 91.6 cm³/mol. The van der Waals surface area contributed by atoms with Crippen LogP contribution in [0.15, 0.2) is 59.5 Å². The number of nitriles is 1. The summed E-state index contributed by atoms with van der Waals surface area (Å²) in [6.07, 6.45) is 0. The molecule has 3 rings (SSSR count). The van der Waals surface area contributed by atoms with Crippen molar-refractivity contribution in [3.05, 3.63) is 60.3 Å². The van der Waals surface area contributed by atoms with E-state index < -0.39 is 10.0 Å². The van der Waals surface area contributed by atoms with Crippen LogP contribution in [0.1, 0.15) is 5.69 Å². The monoisotopic (exact) mass is 354 g/mol. The summed E-state index contributed by atoms with van der Waals surface area (Å²) in [5.41, 5.74) is 2.40. The second kappa shape index (κ2) is 6.39. The zero-order valence-corrected chi connectivity index (χ0v) is 14.1. The van der Waals surface area contributed by atoms with Crippen molar-refractivity contribution in [1.29, 1.82) is 5.26 Å². The van der Waals surface area contributed by atoms with Crippen LogP contribution in [-0.4, -0.2) is 25.3 Å². The van der Waals surface area contributed by atoms with E-state index in [-0.39, 0.29) is 10.6 Å². The third kappa shape index (κ3) is 3.38. The van der Waals surface area contributed by atoms with Gasteiger partial charge in [0.25, 0.3) is 0 Å². The molecule has 0 atom stereocenters. The van der Waals surface area contributed by atoms with Gasteiger partial charge in [-0.2, -0.15) is 10.4 Å². The minimum Gasteiger partial charge on any atom is -0.497 e. The van der Waals surface area contributed by atoms with Crippen LogP contribution in [0.2, 0.25) is 0 Å². The molecule has 3 aromatic rings. The summed E-state index contributed by atoms with van der Waals surface area (Å²) >= 11 is 0. The lowest BCUT2D eigenvalue weighted by molar-refractivity contribution is 0.415. The minimum atomic E-state index is -3.77. The van der Waals surface area contributed by atoms with E-state index in [0.29, 0.717) is 17.1 Å². The zero-order valence-electron chi connectivity index (χ0n) is 13.2. The first-order valence-corrected chi connectivity index (χ1v) is 8.75. The Hall–Kier alpha value is -3.15. The van der Waals surface area contributed by atoms with Gasteiger partial charge >= 0.3 is 0 Å². The number of benzene rings is 2. The maximum atomic E-state index is 11.4. The van der Waals surface area contributed by atoms with Gasteiger partial charge in [0.05, 0.1) is 23.4 Å². The molecule has 25 heavy (non-hydrogen) atoms. The molecule has 126 valence electrons. The lowest BCUT2D eigenvalue weighted by Crippen LogP contribution is -2.12. The fourth-order valence-electron chi connectivity index (χ4n) is 2.38. The van der Waals surface area contributed by atoms with Gasteiger partial charge in [0, 0.05) is 11.6 Å². The second-order valence-electron chi connectivity index (χ2n) is 5.21. The molecule has 2 aromatic carbocycles. The summed E-state index contributed by atoms with van der Waals surface area (Å²) in [6.45, 7) is 0. The third-order valence-electron chi connectivity index (χ3n) is 3.62. The molecule has 2 N–H and O–H groups in total. The SMILES string of the molecule is COc1ccc(-c2cc(C#N)nn2-c2ccc(S(N)(=O)=O)cc2)cc1. The van der Waals surface area contributed by atoms with E-state index in [1.165, 1.54) is 12.1 Å². The maximum absolute atomic E-state index is 11.4. The Morgan fingerprint density at radius 1 is 1.12 bits per heavy atom. The van der Waals surface area contributed by atoms with Crippen molar-refractivity contribution in [2.75, 3.05) is 7.11 Å². The molecule has 8 heteroatoms. The average molecular weight is 354 g/mol. The Kier molecular flexibility index (Phi) is 4.27. The summed E-state index contributed by atoms with van der Waals surface area (Å²) in [6, 6.07) is 17.0. The molecule has 0 aliphatic rings. The molecule has 0 fully saturated rings. The topological polar surface area (TPSA) is 111 Å². The van der Waals surface area contributed by atoms with Crippen molar-refractivity contribution in [2.45, 2.75) is 4.90 Å². The standard InChI is InChI=1S/C17H14N4O3S/c1-24-15-6-2-12(3-7-15)17-10-13(11-18)20-21(17)14-4-8-16(9-5-14)25(19,22)23/h2-10H,1H3,(H2,19,22,23). The highest BCUT2D eigenvalue weighted by Crippen LogP contribution is 2.26. The van der Waals surface area contributed by atoms with Gasteiger partial charge in [0.15, 0.2) is 5.69 Å². The van der Waals surface area contributed by atoms with Crippen LogP contribution in [0.5, 0.6) is 5.75 Å². The number of primary sulfonamides is 1. The highest BCUT2D eigenvalue weighted by atomic mass is 32.2. The van der Waals surface area contributed by atoms with Crippen LogP contribution in [0.4, 0.5) is 0 Å². The van der Waals surface area contributed by atoms with Gasteiger partial charge in [-0.05, 0) is 48.5 Å². The molecular weight excluding hydrogens is 340 g/mol. The number of nitrogens with two attached hydrogens (primary N) is 1. The predicted octanol–water partition coefficient (Wildman–Crippen LogP) is 2.07. The highest BCUT2D eigenvalue weighted by molar-refractivity contribution is 7.89. The molecule has 0 saturated carbocycles. The van der Waals surface area contributed by atoms with Crippen molar-refractivity contribution >= 4 is 10.0 Å². The molecule has 0 saturated heterocycles. The Bertz CT molecular complexity index is 1050. The van der Waals surface area contributed by atoms with Crippen molar-refractivity contribution in [2.24, 2.45) is 5.14 Å². The van der Waals surface area contributed by atoms with E-state index in [2.05, 4.69) is 5.10 Å². The summed E-state index contributed by atoms with van der Waals surface area (Å²) in [4.78, 5) is 0.00918. The molecule has 0 radical (unpaired) electrons. The van der Waals surface area contributed by atoms with Crippen LogP contribution in [0, 0.1) is 11.3 Å². The zero-order chi connectivity index (χ0) is 18.0. The van der Waals surface area contributed by atoms with Gasteiger partial charge < -0.3 is 4.74 Å². The number of hydrogen-bond acceptors (Lipinski definition) is 5. The number of methoxy groups -OCH3 is 1. The fourth-order valence-corrected chi connectivity index (χ4v) is 2.89. The number of hydrogen-bond donors (Lipinski definition) is 1. The largest absolute Gasteiger partial charge is 0.497 e.